The van der Waals surface area contributed by atoms with Crippen LogP contribution in [-0.2, 0) is 23.1 Å². The van der Waals surface area contributed by atoms with Gasteiger partial charge in [0.15, 0.2) is 0 Å². The summed E-state index contributed by atoms with van der Waals surface area (Å²) in [6.07, 6.45) is 2.56. The summed E-state index contributed by atoms with van der Waals surface area (Å²) in [5, 5.41) is 2.92. The highest BCUT2D eigenvalue weighted by Crippen LogP contribution is 2.19. The third kappa shape index (κ3) is 6.04. The number of carbonyl (C=O) groups excluding carboxylic acids is 1. The molecule has 0 saturated carbocycles. The Morgan fingerprint density at radius 2 is 1.50 bits per heavy atom. The second-order valence-corrected chi connectivity index (χ2v) is 10.6. The lowest BCUT2D eigenvalue weighted by molar-refractivity contribution is 0.0951. The number of hydrogen-bond donors (Lipinski definition) is 2. The van der Waals surface area contributed by atoms with E-state index in [1.165, 1.54) is 31.5 Å². The van der Waals surface area contributed by atoms with Crippen molar-refractivity contribution in [3.05, 3.63) is 94.5 Å². The van der Waals surface area contributed by atoms with Crippen LogP contribution in [0, 0.1) is 13.8 Å². The normalized spacial score (nSPS) is 14.2. The molecule has 4 rings (SSSR count). The topological polar surface area (TPSA) is 78.5 Å². The Labute approximate surface area is 202 Å². The standard InChI is InChI=1S/C27H31N3O3S/c1-20-5-14-26(17-21(20)2)34(32,33)29-25-12-10-24(11-13-25)27(31)28-18-22-6-8-23(9-7-22)19-30-15-3-4-16-30/h5-14,17,29H,3-4,15-16,18-19H2,1-2H3,(H,28,31). The molecule has 1 saturated heterocycles. The molecular formula is C27H31N3O3S. The molecule has 7 heteroatoms. The SMILES string of the molecule is Cc1ccc(S(=O)(=O)Nc2ccc(C(=O)NCc3ccc(CN4CCCC4)cc3)cc2)cc1C. The minimum absolute atomic E-state index is 0.204. The van der Waals surface area contributed by atoms with Crippen LogP contribution in [0.3, 0.4) is 0 Å². The molecule has 6 nitrogen and oxygen atoms in total. The van der Waals surface area contributed by atoms with E-state index in [1.54, 1.807) is 42.5 Å². The van der Waals surface area contributed by atoms with Crippen molar-refractivity contribution in [2.75, 3.05) is 17.8 Å². The van der Waals surface area contributed by atoms with E-state index >= 15 is 0 Å². The van der Waals surface area contributed by atoms with Crippen LogP contribution in [0.25, 0.3) is 0 Å². The van der Waals surface area contributed by atoms with E-state index < -0.39 is 10.0 Å². The van der Waals surface area contributed by atoms with Crippen molar-refractivity contribution >= 4 is 21.6 Å². The molecule has 0 bridgehead atoms. The van der Waals surface area contributed by atoms with Gasteiger partial charge >= 0.3 is 0 Å². The average molecular weight is 478 g/mol. The van der Waals surface area contributed by atoms with Gasteiger partial charge in [0.25, 0.3) is 15.9 Å². The summed E-state index contributed by atoms with van der Waals surface area (Å²) in [7, 11) is -3.70. The lowest BCUT2D eigenvalue weighted by atomic mass is 10.1. The summed E-state index contributed by atoms with van der Waals surface area (Å²) < 4.78 is 27.9. The minimum atomic E-state index is -3.70. The maximum atomic E-state index is 12.7. The monoisotopic (exact) mass is 477 g/mol. The Kier molecular flexibility index (Phi) is 7.34. The zero-order valence-electron chi connectivity index (χ0n) is 19.7. The second-order valence-electron chi connectivity index (χ2n) is 8.91. The van der Waals surface area contributed by atoms with Gasteiger partial charge in [0, 0.05) is 24.3 Å². The molecule has 3 aromatic carbocycles. The molecule has 1 heterocycles. The fourth-order valence-corrected chi connectivity index (χ4v) is 5.17. The minimum Gasteiger partial charge on any atom is -0.348 e. The third-order valence-electron chi connectivity index (χ3n) is 6.27. The number of nitrogens with zero attached hydrogens (tertiary/aromatic N) is 1. The highest BCUT2D eigenvalue weighted by Gasteiger charge is 2.15. The number of amides is 1. The maximum Gasteiger partial charge on any atom is 0.261 e. The lowest BCUT2D eigenvalue weighted by Gasteiger charge is -2.14. The first-order chi connectivity index (χ1) is 16.3. The number of benzene rings is 3. The van der Waals surface area contributed by atoms with E-state index in [0.717, 1.165) is 23.2 Å². The molecule has 0 atom stereocenters. The predicted molar refractivity (Wildman–Crippen MR) is 135 cm³/mol. The van der Waals surface area contributed by atoms with Crippen LogP contribution in [0.4, 0.5) is 5.69 Å². The summed E-state index contributed by atoms with van der Waals surface area (Å²) >= 11 is 0. The number of nitrogens with one attached hydrogen (secondary N) is 2. The van der Waals surface area contributed by atoms with Crippen molar-refractivity contribution in [1.82, 2.24) is 10.2 Å². The molecule has 0 radical (unpaired) electrons. The van der Waals surface area contributed by atoms with E-state index in [-0.39, 0.29) is 10.8 Å². The Bertz CT molecular complexity index is 1250. The van der Waals surface area contributed by atoms with Crippen LogP contribution in [-0.4, -0.2) is 32.3 Å². The molecule has 3 aromatic rings. The van der Waals surface area contributed by atoms with Crippen LogP contribution in [0.2, 0.25) is 0 Å². The predicted octanol–water partition coefficient (Wildman–Crippen LogP) is 4.63. The molecular weight excluding hydrogens is 446 g/mol. The fourth-order valence-electron chi connectivity index (χ4n) is 4.03. The molecule has 1 aliphatic rings. The summed E-state index contributed by atoms with van der Waals surface area (Å²) in [5.74, 6) is -0.204. The van der Waals surface area contributed by atoms with Gasteiger partial charge in [0.05, 0.1) is 4.90 Å². The van der Waals surface area contributed by atoms with Crippen LogP contribution in [0.1, 0.15) is 45.5 Å². The van der Waals surface area contributed by atoms with Crippen molar-refractivity contribution in [2.45, 2.75) is 44.7 Å². The molecule has 2 N–H and O–H groups in total. The quantitative estimate of drug-likeness (QED) is 0.496. The summed E-state index contributed by atoms with van der Waals surface area (Å²) in [4.78, 5) is 15.2. The summed E-state index contributed by atoms with van der Waals surface area (Å²) in [6.45, 7) is 7.57. The molecule has 0 aromatic heterocycles. The highest BCUT2D eigenvalue weighted by atomic mass is 32.2. The third-order valence-corrected chi connectivity index (χ3v) is 7.65. The Morgan fingerprint density at radius 3 is 2.15 bits per heavy atom. The van der Waals surface area contributed by atoms with Gasteiger partial charge < -0.3 is 5.32 Å². The molecule has 0 spiro atoms. The van der Waals surface area contributed by atoms with Gasteiger partial charge in [-0.3, -0.25) is 14.4 Å². The first-order valence-corrected chi connectivity index (χ1v) is 13.1. The van der Waals surface area contributed by atoms with E-state index in [9.17, 15) is 13.2 Å². The zero-order chi connectivity index (χ0) is 24.1. The van der Waals surface area contributed by atoms with Gasteiger partial charge in [-0.1, -0.05) is 30.3 Å². The summed E-state index contributed by atoms with van der Waals surface area (Å²) in [6, 6.07) is 19.8. The van der Waals surface area contributed by atoms with Crippen LogP contribution >= 0.6 is 0 Å². The Hall–Kier alpha value is -3.16. The van der Waals surface area contributed by atoms with Crippen LogP contribution in [0.5, 0.6) is 0 Å². The number of aryl methyl sites for hydroxylation is 2. The highest BCUT2D eigenvalue weighted by molar-refractivity contribution is 7.92. The number of anilines is 1. The van der Waals surface area contributed by atoms with Crippen molar-refractivity contribution in [1.29, 1.82) is 0 Å². The lowest BCUT2D eigenvalue weighted by Crippen LogP contribution is -2.23. The number of sulfonamides is 1. The molecule has 1 fully saturated rings. The van der Waals surface area contributed by atoms with E-state index in [4.69, 9.17) is 0 Å². The van der Waals surface area contributed by atoms with Crippen LogP contribution in [0.15, 0.2) is 71.6 Å². The van der Waals surface area contributed by atoms with Crippen molar-refractivity contribution in [2.24, 2.45) is 0 Å². The van der Waals surface area contributed by atoms with Gasteiger partial charge in [-0.25, -0.2) is 8.42 Å². The molecule has 1 amide bonds. The molecule has 0 unspecified atom stereocenters. The Morgan fingerprint density at radius 1 is 0.853 bits per heavy atom. The first-order valence-electron chi connectivity index (χ1n) is 11.6. The molecule has 0 aliphatic carbocycles. The van der Waals surface area contributed by atoms with Gasteiger partial charge in [-0.05, 0) is 98.4 Å². The van der Waals surface area contributed by atoms with E-state index in [1.807, 2.05) is 13.8 Å². The van der Waals surface area contributed by atoms with Gasteiger partial charge in [0.2, 0.25) is 0 Å². The molecule has 1 aliphatic heterocycles. The van der Waals surface area contributed by atoms with Crippen LogP contribution < -0.4 is 10.0 Å². The smallest absolute Gasteiger partial charge is 0.261 e. The molecule has 178 valence electrons. The molecule has 34 heavy (non-hydrogen) atoms. The van der Waals surface area contributed by atoms with E-state index in [0.29, 0.717) is 17.8 Å². The van der Waals surface area contributed by atoms with Crippen molar-refractivity contribution in [3.63, 3.8) is 0 Å². The Balaban J connectivity index is 1.31. The van der Waals surface area contributed by atoms with E-state index in [2.05, 4.69) is 39.2 Å². The zero-order valence-corrected chi connectivity index (χ0v) is 20.5. The van der Waals surface area contributed by atoms with Gasteiger partial charge in [0.1, 0.15) is 0 Å². The summed E-state index contributed by atoms with van der Waals surface area (Å²) in [5.41, 5.74) is 5.15. The number of carbonyl (C=O) groups is 1. The number of hydrogen-bond acceptors (Lipinski definition) is 4. The second kappa shape index (κ2) is 10.4. The van der Waals surface area contributed by atoms with Crippen molar-refractivity contribution < 1.29 is 13.2 Å². The number of rotatable bonds is 8. The van der Waals surface area contributed by atoms with Gasteiger partial charge in [-0.15, -0.1) is 0 Å². The largest absolute Gasteiger partial charge is 0.348 e. The maximum absolute atomic E-state index is 12.7. The average Bonchev–Trinajstić information content (AvgIpc) is 3.33. The first kappa shape index (κ1) is 24.0. The van der Waals surface area contributed by atoms with Crippen molar-refractivity contribution in [3.8, 4) is 0 Å². The fraction of sp³-hybridized carbons (Fsp3) is 0.296. The van der Waals surface area contributed by atoms with Gasteiger partial charge in [-0.2, -0.15) is 0 Å². The number of likely N-dealkylation sites (tertiary alicyclic amines) is 1.